The molecule has 0 aliphatic heterocycles. The van der Waals surface area contributed by atoms with E-state index < -0.39 is 11.9 Å². The van der Waals surface area contributed by atoms with Crippen molar-refractivity contribution < 1.29 is 29.0 Å². The lowest BCUT2D eigenvalue weighted by Gasteiger charge is -2.08. The monoisotopic (exact) mass is 312 g/mol. The van der Waals surface area contributed by atoms with E-state index in [-0.39, 0.29) is 22.3 Å². The third kappa shape index (κ3) is 3.16. The first-order valence-electron chi connectivity index (χ1n) is 6.52. The Labute approximate surface area is 131 Å². The van der Waals surface area contributed by atoms with E-state index in [1.54, 1.807) is 6.07 Å². The zero-order valence-corrected chi connectivity index (χ0v) is 12.1. The number of aromatic carboxylic acids is 1. The van der Waals surface area contributed by atoms with E-state index in [4.69, 9.17) is 5.11 Å². The van der Waals surface area contributed by atoms with Crippen LogP contribution in [0.25, 0.3) is 11.1 Å². The van der Waals surface area contributed by atoms with Gasteiger partial charge in [0.05, 0.1) is 18.2 Å². The lowest BCUT2D eigenvalue weighted by molar-refractivity contribution is 0.0597. The molecule has 23 heavy (non-hydrogen) atoms. The number of hydrogen-bond acceptors (Lipinski definition) is 5. The molecule has 0 amide bonds. The molecular weight excluding hydrogens is 300 g/mol. The fourth-order valence-electron chi connectivity index (χ4n) is 2.17. The number of esters is 1. The molecule has 2 aromatic carbocycles. The van der Waals surface area contributed by atoms with Crippen LogP contribution in [0.3, 0.4) is 0 Å². The predicted molar refractivity (Wildman–Crippen MR) is 81.0 cm³/mol. The van der Waals surface area contributed by atoms with Crippen LogP contribution < -0.4 is 0 Å². The number of carboxylic acids is 1. The number of aldehydes is 2. The van der Waals surface area contributed by atoms with Gasteiger partial charge in [0.2, 0.25) is 0 Å². The van der Waals surface area contributed by atoms with Gasteiger partial charge in [-0.25, -0.2) is 9.59 Å². The lowest BCUT2D eigenvalue weighted by Crippen LogP contribution is -2.05. The molecule has 6 heteroatoms. The van der Waals surface area contributed by atoms with Crippen molar-refractivity contribution in [2.75, 3.05) is 7.11 Å². The zero-order valence-electron chi connectivity index (χ0n) is 12.1. The predicted octanol–water partition coefficient (Wildman–Crippen LogP) is 2.46. The standard InChI is InChI=1S/C17H12O6/c1-23-17(22)15-5-3-11(7-13(15)9-19)10-2-4-14(16(20)21)12(6-10)8-18/h2-9H,1H3,(H,20,21). The Morgan fingerprint density at radius 1 is 0.913 bits per heavy atom. The number of ether oxygens (including phenoxy) is 1. The van der Waals surface area contributed by atoms with Crippen molar-refractivity contribution in [1.29, 1.82) is 0 Å². The molecule has 0 saturated carbocycles. The molecule has 2 rings (SSSR count). The van der Waals surface area contributed by atoms with Crippen LogP contribution in [0.15, 0.2) is 36.4 Å². The normalized spacial score (nSPS) is 9.96. The maximum Gasteiger partial charge on any atom is 0.338 e. The van der Waals surface area contributed by atoms with Gasteiger partial charge in [0.15, 0.2) is 12.6 Å². The summed E-state index contributed by atoms with van der Waals surface area (Å²) in [6, 6.07) is 8.76. The summed E-state index contributed by atoms with van der Waals surface area (Å²) >= 11 is 0. The van der Waals surface area contributed by atoms with Gasteiger partial charge >= 0.3 is 11.9 Å². The van der Waals surface area contributed by atoms with E-state index in [1.165, 1.54) is 37.4 Å². The first kappa shape index (κ1) is 16.1. The molecule has 0 bridgehead atoms. The molecule has 0 unspecified atom stereocenters. The molecule has 0 fully saturated rings. The highest BCUT2D eigenvalue weighted by Gasteiger charge is 2.14. The second-order valence-electron chi connectivity index (χ2n) is 4.64. The Balaban J connectivity index is 2.54. The minimum absolute atomic E-state index is 0.0275. The lowest BCUT2D eigenvalue weighted by atomic mass is 9.96. The van der Waals surface area contributed by atoms with Crippen molar-refractivity contribution in [3.63, 3.8) is 0 Å². The SMILES string of the molecule is COC(=O)c1ccc(-c2ccc(C(=O)O)c(C=O)c2)cc1C=O. The maximum absolute atomic E-state index is 11.6. The van der Waals surface area contributed by atoms with E-state index >= 15 is 0 Å². The highest BCUT2D eigenvalue weighted by atomic mass is 16.5. The second-order valence-corrected chi connectivity index (χ2v) is 4.64. The first-order chi connectivity index (χ1) is 11.0. The summed E-state index contributed by atoms with van der Waals surface area (Å²) in [6.07, 6.45) is 0.985. The van der Waals surface area contributed by atoms with Crippen LogP contribution in [0.4, 0.5) is 0 Å². The summed E-state index contributed by atoms with van der Waals surface area (Å²) in [7, 11) is 1.21. The number of methoxy groups -OCH3 is 1. The molecule has 0 aliphatic carbocycles. The van der Waals surface area contributed by atoms with Gasteiger partial charge in [-0.05, 0) is 35.4 Å². The van der Waals surface area contributed by atoms with Crippen molar-refractivity contribution in [1.82, 2.24) is 0 Å². The Hall–Kier alpha value is -3.28. The van der Waals surface area contributed by atoms with Crippen LogP contribution >= 0.6 is 0 Å². The summed E-state index contributed by atoms with van der Waals surface area (Å²) in [6.45, 7) is 0. The Kier molecular flexibility index (Phi) is 4.66. The van der Waals surface area contributed by atoms with Crippen LogP contribution in [0, 0.1) is 0 Å². The molecule has 0 saturated heterocycles. The molecule has 0 heterocycles. The quantitative estimate of drug-likeness (QED) is 0.672. The fourth-order valence-corrected chi connectivity index (χ4v) is 2.17. The van der Waals surface area contributed by atoms with Gasteiger partial charge in [0.1, 0.15) is 0 Å². The molecule has 0 spiro atoms. The van der Waals surface area contributed by atoms with Gasteiger partial charge < -0.3 is 9.84 Å². The molecule has 0 aliphatic rings. The second kappa shape index (κ2) is 6.65. The number of carboxylic acid groups (broad SMARTS) is 1. The first-order valence-corrected chi connectivity index (χ1v) is 6.52. The van der Waals surface area contributed by atoms with Gasteiger partial charge in [0, 0.05) is 11.1 Å². The highest BCUT2D eigenvalue weighted by Crippen LogP contribution is 2.24. The molecular formula is C17H12O6. The van der Waals surface area contributed by atoms with Crippen LogP contribution in [-0.4, -0.2) is 36.7 Å². The number of rotatable bonds is 5. The Bertz CT molecular complexity index is 807. The van der Waals surface area contributed by atoms with Gasteiger partial charge in [-0.2, -0.15) is 0 Å². The molecule has 1 N–H and O–H groups in total. The van der Waals surface area contributed by atoms with Gasteiger partial charge in [-0.15, -0.1) is 0 Å². The average molecular weight is 312 g/mol. The van der Waals surface area contributed by atoms with Crippen molar-refractivity contribution in [2.45, 2.75) is 0 Å². The van der Waals surface area contributed by atoms with Gasteiger partial charge in [-0.3, -0.25) is 9.59 Å². The maximum atomic E-state index is 11.6. The van der Waals surface area contributed by atoms with Crippen LogP contribution in [0.2, 0.25) is 0 Å². The van der Waals surface area contributed by atoms with Gasteiger partial charge in [0.25, 0.3) is 0 Å². The molecule has 0 atom stereocenters. The third-order valence-corrected chi connectivity index (χ3v) is 3.33. The number of carbonyl (C=O) groups is 4. The summed E-state index contributed by atoms with van der Waals surface area (Å²) in [5, 5.41) is 9.01. The molecule has 6 nitrogen and oxygen atoms in total. The highest BCUT2D eigenvalue weighted by molar-refractivity contribution is 6.00. The van der Waals surface area contributed by atoms with Crippen molar-refractivity contribution >= 4 is 24.5 Å². The van der Waals surface area contributed by atoms with Crippen LogP contribution in [-0.2, 0) is 4.74 Å². The molecule has 0 aromatic heterocycles. The van der Waals surface area contributed by atoms with Crippen LogP contribution in [0.1, 0.15) is 41.4 Å². The minimum Gasteiger partial charge on any atom is -0.478 e. The largest absolute Gasteiger partial charge is 0.478 e. The average Bonchev–Trinajstić information content (AvgIpc) is 2.59. The Morgan fingerprint density at radius 2 is 1.39 bits per heavy atom. The van der Waals surface area contributed by atoms with E-state index in [1.807, 2.05) is 0 Å². The fraction of sp³-hybridized carbons (Fsp3) is 0.0588. The third-order valence-electron chi connectivity index (χ3n) is 3.33. The van der Waals surface area contributed by atoms with E-state index in [2.05, 4.69) is 4.74 Å². The Morgan fingerprint density at radius 3 is 1.83 bits per heavy atom. The van der Waals surface area contributed by atoms with Crippen molar-refractivity contribution in [2.24, 2.45) is 0 Å². The summed E-state index contributed by atoms with van der Waals surface area (Å²) in [5.74, 6) is -1.83. The molecule has 2 aromatic rings. The zero-order chi connectivity index (χ0) is 17.0. The topological polar surface area (TPSA) is 97.7 Å². The summed E-state index contributed by atoms with van der Waals surface area (Å²) < 4.78 is 4.59. The molecule has 116 valence electrons. The smallest absolute Gasteiger partial charge is 0.338 e. The number of carbonyl (C=O) groups excluding carboxylic acids is 3. The van der Waals surface area contributed by atoms with Gasteiger partial charge in [-0.1, -0.05) is 12.1 Å². The van der Waals surface area contributed by atoms with Crippen molar-refractivity contribution in [3.8, 4) is 11.1 Å². The summed E-state index contributed by atoms with van der Waals surface area (Å²) in [4.78, 5) is 44.8. The summed E-state index contributed by atoms with van der Waals surface area (Å²) in [5.41, 5.74) is 1.31. The minimum atomic E-state index is -1.20. The van der Waals surface area contributed by atoms with E-state index in [9.17, 15) is 19.2 Å². The van der Waals surface area contributed by atoms with E-state index in [0.717, 1.165) is 0 Å². The molecule has 0 radical (unpaired) electrons. The van der Waals surface area contributed by atoms with Crippen molar-refractivity contribution in [3.05, 3.63) is 58.7 Å². The van der Waals surface area contributed by atoms with E-state index in [0.29, 0.717) is 23.7 Å². The number of hydrogen-bond donors (Lipinski definition) is 1. The number of benzene rings is 2. The van der Waals surface area contributed by atoms with Crippen LogP contribution in [0.5, 0.6) is 0 Å².